The molecule has 3 fully saturated rings. The Labute approximate surface area is 104 Å². The quantitative estimate of drug-likeness (QED) is 0.759. The third-order valence-electron chi connectivity index (χ3n) is 4.90. The molecule has 0 amide bonds. The molecule has 0 spiro atoms. The molecule has 0 saturated carbocycles. The number of hydrogen-bond donors (Lipinski definition) is 0. The monoisotopic (exact) mass is 240 g/mol. The van der Waals surface area contributed by atoms with Crippen molar-refractivity contribution in [2.45, 2.75) is 58.0 Å². The van der Waals surface area contributed by atoms with Gasteiger partial charge in [0.25, 0.3) is 0 Å². The summed E-state index contributed by atoms with van der Waals surface area (Å²) in [6.07, 6.45) is 5.64. The third kappa shape index (κ3) is 2.25. The van der Waals surface area contributed by atoms with E-state index in [-0.39, 0.29) is 6.29 Å². The van der Waals surface area contributed by atoms with Gasteiger partial charge in [-0.2, -0.15) is 0 Å². The maximum absolute atomic E-state index is 6.03. The van der Waals surface area contributed by atoms with Gasteiger partial charge < -0.3 is 14.2 Å². The zero-order valence-corrected chi connectivity index (χ0v) is 10.9. The van der Waals surface area contributed by atoms with Gasteiger partial charge in [0.05, 0.1) is 18.8 Å². The highest BCUT2D eigenvalue weighted by Crippen LogP contribution is 2.46. The Hall–Kier alpha value is -0.120. The first-order valence-electron chi connectivity index (χ1n) is 7.14. The minimum Gasteiger partial charge on any atom is -0.374 e. The van der Waals surface area contributed by atoms with Crippen LogP contribution in [0, 0.1) is 17.8 Å². The highest BCUT2D eigenvalue weighted by atomic mass is 16.7. The van der Waals surface area contributed by atoms with Gasteiger partial charge in [-0.1, -0.05) is 13.8 Å². The van der Waals surface area contributed by atoms with E-state index in [1.165, 1.54) is 19.3 Å². The summed E-state index contributed by atoms with van der Waals surface area (Å²) >= 11 is 0. The predicted octanol–water partition coefficient (Wildman–Crippen LogP) is 2.59. The Morgan fingerprint density at radius 1 is 1.18 bits per heavy atom. The molecule has 3 aliphatic heterocycles. The number of fused-ring (bicyclic) bond motifs is 2. The van der Waals surface area contributed by atoms with Gasteiger partial charge in [0.15, 0.2) is 6.29 Å². The zero-order valence-electron chi connectivity index (χ0n) is 10.9. The fourth-order valence-electron chi connectivity index (χ4n) is 3.57. The normalized spacial score (nSPS) is 49.8. The van der Waals surface area contributed by atoms with Crippen molar-refractivity contribution in [2.75, 3.05) is 13.2 Å². The van der Waals surface area contributed by atoms with Crippen molar-refractivity contribution in [3.05, 3.63) is 0 Å². The molecular formula is C14H24O3. The van der Waals surface area contributed by atoms with Crippen LogP contribution >= 0.6 is 0 Å². The van der Waals surface area contributed by atoms with Gasteiger partial charge in [0.2, 0.25) is 0 Å². The number of hydrogen-bond acceptors (Lipinski definition) is 3. The predicted molar refractivity (Wildman–Crippen MR) is 64.6 cm³/mol. The summed E-state index contributed by atoms with van der Waals surface area (Å²) in [4.78, 5) is 0. The first-order chi connectivity index (χ1) is 8.25. The number of ether oxygens (including phenoxy) is 3. The molecule has 6 atom stereocenters. The molecule has 0 aromatic rings. The smallest absolute Gasteiger partial charge is 0.157 e. The molecule has 2 bridgehead atoms. The molecule has 3 saturated heterocycles. The molecule has 6 unspecified atom stereocenters. The molecule has 0 radical (unpaired) electrons. The zero-order chi connectivity index (χ0) is 11.8. The van der Waals surface area contributed by atoms with Gasteiger partial charge in [0, 0.05) is 12.5 Å². The van der Waals surface area contributed by atoms with Crippen molar-refractivity contribution in [1.82, 2.24) is 0 Å². The van der Waals surface area contributed by atoms with Crippen molar-refractivity contribution >= 4 is 0 Å². The van der Waals surface area contributed by atoms with Crippen LogP contribution in [0.4, 0.5) is 0 Å². The lowest BCUT2D eigenvalue weighted by Crippen LogP contribution is -2.34. The molecule has 3 heteroatoms. The molecule has 0 N–H and O–H groups in total. The van der Waals surface area contributed by atoms with Gasteiger partial charge in [-0.25, -0.2) is 0 Å². The molecular weight excluding hydrogens is 216 g/mol. The summed E-state index contributed by atoms with van der Waals surface area (Å²) in [7, 11) is 0. The first-order valence-corrected chi connectivity index (χ1v) is 7.14. The molecule has 98 valence electrons. The van der Waals surface area contributed by atoms with Crippen molar-refractivity contribution in [2.24, 2.45) is 17.8 Å². The fourth-order valence-corrected chi connectivity index (χ4v) is 3.57. The minimum atomic E-state index is 0.0515. The molecule has 0 aromatic carbocycles. The Kier molecular flexibility index (Phi) is 3.42. The van der Waals surface area contributed by atoms with E-state index in [1.54, 1.807) is 0 Å². The minimum absolute atomic E-state index is 0.0515. The Morgan fingerprint density at radius 2 is 2.06 bits per heavy atom. The SMILES string of the molecule is CC1C2CC(COC3CCCCO3)C(O2)C1C. The van der Waals surface area contributed by atoms with Gasteiger partial charge >= 0.3 is 0 Å². The second-order valence-corrected chi connectivity index (χ2v) is 5.98. The number of rotatable bonds is 3. The van der Waals surface area contributed by atoms with Crippen molar-refractivity contribution in [3.63, 3.8) is 0 Å². The van der Waals surface area contributed by atoms with E-state index in [1.807, 2.05) is 0 Å². The lowest BCUT2D eigenvalue weighted by Gasteiger charge is -2.30. The average molecular weight is 240 g/mol. The topological polar surface area (TPSA) is 27.7 Å². The van der Waals surface area contributed by atoms with Gasteiger partial charge in [-0.3, -0.25) is 0 Å². The van der Waals surface area contributed by atoms with Crippen molar-refractivity contribution in [1.29, 1.82) is 0 Å². The Morgan fingerprint density at radius 3 is 2.71 bits per heavy atom. The summed E-state index contributed by atoms with van der Waals surface area (Å²) in [6.45, 7) is 6.32. The highest BCUT2D eigenvalue weighted by molar-refractivity contribution is 4.97. The lowest BCUT2D eigenvalue weighted by atomic mass is 9.76. The van der Waals surface area contributed by atoms with Crippen LogP contribution in [0.25, 0.3) is 0 Å². The molecule has 17 heavy (non-hydrogen) atoms. The largest absolute Gasteiger partial charge is 0.374 e. The maximum atomic E-state index is 6.03. The van der Waals surface area contributed by atoms with Gasteiger partial charge in [-0.15, -0.1) is 0 Å². The van der Waals surface area contributed by atoms with E-state index < -0.39 is 0 Å². The van der Waals surface area contributed by atoms with E-state index in [0.717, 1.165) is 25.6 Å². The molecule has 0 aliphatic carbocycles. The van der Waals surface area contributed by atoms with Crippen LogP contribution in [0.15, 0.2) is 0 Å². The third-order valence-corrected chi connectivity index (χ3v) is 4.90. The van der Waals surface area contributed by atoms with Crippen LogP contribution in [-0.2, 0) is 14.2 Å². The van der Waals surface area contributed by atoms with Crippen LogP contribution < -0.4 is 0 Å². The lowest BCUT2D eigenvalue weighted by molar-refractivity contribution is -0.172. The highest BCUT2D eigenvalue weighted by Gasteiger charge is 2.50. The summed E-state index contributed by atoms with van der Waals surface area (Å²) in [6, 6.07) is 0. The molecule has 3 heterocycles. The Bertz CT molecular complexity index is 260. The van der Waals surface area contributed by atoms with Crippen LogP contribution in [-0.4, -0.2) is 31.7 Å². The van der Waals surface area contributed by atoms with Crippen molar-refractivity contribution in [3.8, 4) is 0 Å². The fraction of sp³-hybridized carbons (Fsp3) is 1.00. The van der Waals surface area contributed by atoms with Gasteiger partial charge in [0.1, 0.15) is 0 Å². The summed E-state index contributed by atoms with van der Waals surface area (Å²) in [5, 5.41) is 0. The van der Waals surface area contributed by atoms with Gasteiger partial charge in [-0.05, 0) is 37.5 Å². The van der Waals surface area contributed by atoms with E-state index >= 15 is 0 Å². The van der Waals surface area contributed by atoms with E-state index in [9.17, 15) is 0 Å². The molecule has 3 aliphatic rings. The summed E-state index contributed by atoms with van der Waals surface area (Å²) in [5.41, 5.74) is 0. The maximum Gasteiger partial charge on any atom is 0.157 e. The van der Waals surface area contributed by atoms with Crippen LogP contribution in [0.3, 0.4) is 0 Å². The van der Waals surface area contributed by atoms with Crippen LogP contribution in [0.5, 0.6) is 0 Å². The van der Waals surface area contributed by atoms with E-state index in [4.69, 9.17) is 14.2 Å². The Balaban J connectivity index is 1.47. The first kappa shape index (κ1) is 11.9. The average Bonchev–Trinajstić information content (AvgIpc) is 2.89. The van der Waals surface area contributed by atoms with Crippen LogP contribution in [0.1, 0.15) is 39.5 Å². The van der Waals surface area contributed by atoms with Crippen LogP contribution in [0.2, 0.25) is 0 Å². The van der Waals surface area contributed by atoms with E-state index in [0.29, 0.717) is 24.0 Å². The van der Waals surface area contributed by atoms with E-state index in [2.05, 4.69) is 13.8 Å². The molecule has 3 nitrogen and oxygen atoms in total. The summed E-state index contributed by atoms with van der Waals surface area (Å²) < 4.78 is 17.5. The second-order valence-electron chi connectivity index (χ2n) is 5.98. The molecule has 0 aromatic heterocycles. The standard InChI is InChI=1S/C14H24O3/c1-9-10(2)14-11(7-12(9)17-14)8-16-13-5-3-4-6-15-13/h9-14H,3-8H2,1-2H3. The summed E-state index contributed by atoms with van der Waals surface area (Å²) in [5.74, 6) is 2.01. The van der Waals surface area contributed by atoms with Crippen molar-refractivity contribution < 1.29 is 14.2 Å². The molecule has 3 rings (SSSR count). The second kappa shape index (κ2) is 4.87.